The first kappa shape index (κ1) is 12.8. The molecule has 1 aromatic rings. The Morgan fingerprint density at radius 3 is 2.65 bits per heavy atom. The Bertz CT molecular complexity index is 607. The zero-order valence-corrected chi connectivity index (χ0v) is 10.9. The van der Waals surface area contributed by atoms with Gasteiger partial charge in [-0.15, -0.1) is 0 Å². The first-order valence-electron chi connectivity index (χ1n) is 6.64. The molecular formula is C15H14N2O3. The number of anilines is 1. The number of carbonyl (C=O) groups is 2. The van der Waals surface area contributed by atoms with Crippen molar-refractivity contribution in [3.8, 4) is 11.8 Å². The summed E-state index contributed by atoms with van der Waals surface area (Å²) in [6.07, 6.45) is 3.78. The zero-order valence-electron chi connectivity index (χ0n) is 10.9. The van der Waals surface area contributed by atoms with Gasteiger partial charge >= 0.3 is 0 Å². The molecule has 2 atom stereocenters. The number of piperidine rings is 1. The molecule has 1 aliphatic heterocycles. The van der Waals surface area contributed by atoms with Crippen molar-refractivity contribution in [1.82, 2.24) is 4.98 Å². The molecule has 102 valence electrons. The van der Waals surface area contributed by atoms with Crippen molar-refractivity contribution in [2.45, 2.75) is 19.3 Å². The summed E-state index contributed by atoms with van der Waals surface area (Å²) in [5.74, 6) is 5.23. The van der Waals surface area contributed by atoms with Crippen molar-refractivity contribution in [3.63, 3.8) is 0 Å². The zero-order chi connectivity index (χ0) is 14.1. The molecule has 3 rings (SSSR count). The van der Waals surface area contributed by atoms with Gasteiger partial charge in [-0.1, -0.05) is 11.8 Å². The van der Waals surface area contributed by atoms with E-state index < -0.39 is 0 Å². The predicted octanol–water partition coefficient (Wildman–Crippen LogP) is 0.715. The number of aliphatic hydroxyl groups is 1. The Morgan fingerprint density at radius 2 is 2.00 bits per heavy atom. The van der Waals surface area contributed by atoms with Crippen LogP contribution < -0.4 is 4.90 Å². The van der Waals surface area contributed by atoms with E-state index in [0.29, 0.717) is 17.8 Å². The lowest BCUT2D eigenvalue weighted by Gasteiger charge is -2.28. The molecule has 1 N–H and O–H groups in total. The minimum atomic E-state index is -0.233. The van der Waals surface area contributed by atoms with Crippen molar-refractivity contribution < 1.29 is 14.7 Å². The number of imide groups is 1. The van der Waals surface area contributed by atoms with Crippen LogP contribution in [0, 0.1) is 23.7 Å². The maximum atomic E-state index is 12.3. The van der Waals surface area contributed by atoms with Gasteiger partial charge in [0.05, 0.1) is 0 Å². The summed E-state index contributed by atoms with van der Waals surface area (Å²) < 4.78 is 0. The summed E-state index contributed by atoms with van der Waals surface area (Å²) in [5.41, 5.74) is 0.627. The monoisotopic (exact) mass is 270 g/mol. The van der Waals surface area contributed by atoms with Crippen LogP contribution >= 0.6 is 0 Å². The van der Waals surface area contributed by atoms with Gasteiger partial charge in [-0.05, 0) is 31.4 Å². The number of nitrogens with zero attached hydrogens (tertiary/aromatic N) is 2. The third-order valence-corrected chi connectivity index (χ3v) is 3.86. The van der Waals surface area contributed by atoms with E-state index in [1.165, 1.54) is 11.1 Å². The van der Waals surface area contributed by atoms with Crippen LogP contribution in [0.5, 0.6) is 0 Å². The van der Waals surface area contributed by atoms with Crippen LogP contribution in [0.2, 0.25) is 0 Å². The Balaban J connectivity index is 1.95. The quantitative estimate of drug-likeness (QED) is 0.603. The normalized spacial score (nSPS) is 24.6. The summed E-state index contributed by atoms with van der Waals surface area (Å²) >= 11 is 0. The first-order valence-corrected chi connectivity index (χ1v) is 6.64. The van der Waals surface area contributed by atoms with Crippen molar-refractivity contribution in [2.75, 3.05) is 11.5 Å². The molecule has 0 aromatic carbocycles. The molecule has 20 heavy (non-hydrogen) atoms. The van der Waals surface area contributed by atoms with E-state index >= 15 is 0 Å². The fourth-order valence-electron chi connectivity index (χ4n) is 2.89. The van der Waals surface area contributed by atoms with Crippen molar-refractivity contribution in [3.05, 3.63) is 23.9 Å². The summed E-state index contributed by atoms with van der Waals surface area (Å²) in [5, 5.41) is 8.70. The molecule has 0 spiro atoms. The number of amides is 2. The minimum Gasteiger partial charge on any atom is -0.384 e. The van der Waals surface area contributed by atoms with Crippen molar-refractivity contribution in [1.29, 1.82) is 0 Å². The number of hydrogen-bond acceptors (Lipinski definition) is 4. The molecule has 1 saturated carbocycles. The molecule has 5 nitrogen and oxygen atoms in total. The van der Waals surface area contributed by atoms with Gasteiger partial charge in [0.2, 0.25) is 11.8 Å². The van der Waals surface area contributed by atoms with Crippen LogP contribution in [-0.2, 0) is 9.59 Å². The maximum Gasteiger partial charge on any atom is 0.238 e. The fraction of sp³-hybridized carbons (Fsp3) is 0.400. The minimum absolute atomic E-state index is 0.0494. The second-order valence-corrected chi connectivity index (χ2v) is 5.08. The smallest absolute Gasteiger partial charge is 0.238 e. The number of hydrogen-bond donors (Lipinski definition) is 1. The van der Waals surface area contributed by atoms with E-state index in [1.807, 2.05) is 0 Å². The van der Waals surface area contributed by atoms with E-state index in [0.717, 1.165) is 12.8 Å². The molecule has 2 heterocycles. The molecule has 2 aliphatic rings. The number of fused-ring (bicyclic) bond motifs is 2. The molecule has 2 amide bonds. The number of rotatable bonds is 1. The topological polar surface area (TPSA) is 70.5 Å². The molecule has 1 aliphatic carbocycles. The molecule has 1 saturated heterocycles. The Morgan fingerprint density at radius 1 is 1.30 bits per heavy atom. The Hall–Kier alpha value is -2.19. The molecule has 1 aromatic heterocycles. The van der Waals surface area contributed by atoms with Crippen LogP contribution in [0.15, 0.2) is 18.3 Å². The van der Waals surface area contributed by atoms with Crippen molar-refractivity contribution in [2.24, 2.45) is 11.8 Å². The van der Waals surface area contributed by atoms with Gasteiger partial charge in [-0.2, -0.15) is 0 Å². The predicted molar refractivity (Wildman–Crippen MR) is 71.5 cm³/mol. The summed E-state index contributed by atoms with van der Waals surface area (Å²) in [6, 6.07) is 3.29. The Labute approximate surface area is 116 Å². The molecule has 0 radical (unpaired) electrons. The third-order valence-electron chi connectivity index (χ3n) is 3.86. The second-order valence-electron chi connectivity index (χ2n) is 5.08. The van der Waals surface area contributed by atoms with Gasteiger partial charge in [0, 0.05) is 23.6 Å². The van der Waals surface area contributed by atoms with E-state index in [-0.39, 0.29) is 30.3 Å². The Kier molecular flexibility index (Phi) is 3.25. The van der Waals surface area contributed by atoms with Crippen molar-refractivity contribution >= 4 is 17.6 Å². The summed E-state index contributed by atoms with van der Waals surface area (Å²) in [4.78, 5) is 29.9. The summed E-state index contributed by atoms with van der Waals surface area (Å²) in [6.45, 7) is -0.233. The fourth-order valence-corrected chi connectivity index (χ4v) is 2.89. The highest BCUT2D eigenvalue weighted by Crippen LogP contribution is 2.39. The lowest BCUT2D eigenvalue weighted by atomic mass is 9.97. The van der Waals surface area contributed by atoms with Gasteiger partial charge < -0.3 is 5.11 Å². The number of aliphatic hydroxyl groups excluding tert-OH is 1. The van der Waals surface area contributed by atoms with Crippen LogP contribution in [0.3, 0.4) is 0 Å². The highest BCUT2D eigenvalue weighted by atomic mass is 16.2. The highest BCUT2D eigenvalue weighted by Gasteiger charge is 2.46. The van der Waals surface area contributed by atoms with E-state index in [9.17, 15) is 9.59 Å². The largest absolute Gasteiger partial charge is 0.384 e. The molecule has 2 bridgehead atoms. The second kappa shape index (κ2) is 5.06. The lowest BCUT2D eigenvalue weighted by Crippen LogP contribution is -2.46. The lowest BCUT2D eigenvalue weighted by molar-refractivity contribution is -0.133. The maximum absolute atomic E-state index is 12.3. The SMILES string of the molecule is O=C1C2CCC(C2)C(=O)N1c1cc(C#CCO)ccn1. The first-order chi connectivity index (χ1) is 9.70. The third kappa shape index (κ3) is 2.08. The number of pyridine rings is 1. The van der Waals surface area contributed by atoms with Gasteiger partial charge in [0.15, 0.2) is 0 Å². The average Bonchev–Trinajstić information content (AvgIpc) is 2.91. The molecule has 2 unspecified atom stereocenters. The molecular weight excluding hydrogens is 256 g/mol. The van der Waals surface area contributed by atoms with E-state index in [4.69, 9.17) is 5.11 Å². The van der Waals surface area contributed by atoms with Crippen LogP contribution in [0.25, 0.3) is 0 Å². The average molecular weight is 270 g/mol. The molecule has 2 fully saturated rings. The van der Waals surface area contributed by atoms with Crippen LogP contribution in [-0.4, -0.2) is 28.5 Å². The van der Waals surface area contributed by atoms with Gasteiger partial charge in [-0.3, -0.25) is 9.59 Å². The number of carbonyl (C=O) groups excluding carboxylic acids is 2. The van der Waals surface area contributed by atoms with E-state index in [2.05, 4.69) is 16.8 Å². The van der Waals surface area contributed by atoms with Gasteiger partial charge in [0.25, 0.3) is 0 Å². The highest BCUT2D eigenvalue weighted by molar-refractivity contribution is 6.18. The molecule has 5 heteroatoms. The van der Waals surface area contributed by atoms with Crippen LogP contribution in [0.1, 0.15) is 24.8 Å². The van der Waals surface area contributed by atoms with Crippen LogP contribution in [0.4, 0.5) is 5.82 Å². The number of aromatic nitrogens is 1. The van der Waals surface area contributed by atoms with Gasteiger partial charge in [0.1, 0.15) is 12.4 Å². The van der Waals surface area contributed by atoms with E-state index in [1.54, 1.807) is 12.1 Å². The summed E-state index contributed by atoms with van der Waals surface area (Å²) in [7, 11) is 0. The van der Waals surface area contributed by atoms with Gasteiger partial charge in [-0.25, -0.2) is 9.88 Å². The standard InChI is InChI=1S/C15H14N2O3/c18-7-1-2-10-5-6-16-13(8-10)17-14(19)11-3-4-12(9-11)15(17)20/h5-6,8,11-12,18H,3-4,7,9H2.